The highest BCUT2D eigenvalue weighted by atomic mass is 16.2. The third-order valence-electron chi connectivity index (χ3n) is 5.48. The molecule has 0 radical (unpaired) electrons. The summed E-state index contributed by atoms with van der Waals surface area (Å²) < 4.78 is 1.50. The lowest BCUT2D eigenvalue weighted by Crippen LogP contribution is -2.49. The Morgan fingerprint density at radius 1 is 1.28 bits per heavy atom. The van der Waals surface area contributed by atoms with Crippen LogP contribution >= 0.6 is 0 Å². The van der Waals surface area contributed by atoms with Crippen LogP contribution in [0.15, 0.2) is 29.3 Å². The molecule has 1 saturated heterocycles. The summed E-state index contributed by atoms with van der Waals surface area (Å²) in [7, 11) is 0. The number of hydrogen-bond acceptors (Lipinski definition) is 5. The first-order valence-corrected chi connectivity index (χ1v) is 10.2. The van der Waals surface area contributed by atoms with E-state index in [1.165, 1.54) is 10.9 Å². The van der Waals surface area contributed by atoms with Gasteiger partial charge in [0.25, 0.3) is 5.56 Å². The summed E-state index contributed by atoms with van der Waals surface area (Å²) in [5, 5.41) is 3.44. The number of piperidine rings is 1. The summed E-state index contributed by atoms with van der Waals surface area (Å²) >= 11 is 0. The van der Waals surface area contributed by atoms with E-state index in [0.717, 1.165) is 24.8 Å². The summed E-state index contributed by atoms with van der Waals surface area (Å²) in [6.07, 6.45) is 4.89. The van der Waals surface area contributed by atoms with E-state index in [-0.39, 0.29) is 42.8 Å². The largest absolute Gasteiger partial charge is 0.354 e. The van der Waals surface area contributed by atoms with Crippen molar-refractivity contribution >= 4 is 22.7 Å². The molecule has 0 bridgehead atoms. The Hall–Kier alpha value is -2.74. The maximum absolute atomic E-state index is 12.8. The minimum atomic E-state index is -0.129. The Morgan fingerprint density at radius 2 is 2.10 bits per heavy atom. The van der Waals surface area contributed by atoms with Gasteiger partial charge in [0.05, 0.1) is 17.2 Å². The van der Waals surface area contributed by atoms with Gasteiger partial charge in [0, 0.05) is 45.1 Å². The lowest BCUT2D eigenvalue weighted by molar-refractivity contribution is -0.135. The van der Waals surface area contributed by atoms with Gasteiger partial charge in [0.15, 0.2) is 0 Å². The van der Waals surface area contributed by atoms with Crippen molar-refractivity contribution in [1.82, 2.24) is 19.8 Å². The van der Waals surface area contributed by atoms with Gasteiger partial charge in [0.1, 0.15) is 0 Å². The number of likely N-dealkylation sites (tertiary alicyclic amines) is 1. The molecule has 2 amide bonds. The van der Waals surface area contributed by atoms with Gasteiger partial charge in [-0.25, -0.2) is 4.98 Å². The van der Waals surface area contributed by atoms with Gasteiger partial charge in [-0.05, 0) is 37.8 Å². The fourth-order valence-corrected chi connectivity index (χ4v) is 3.85. The molecular weight excluding hydrogens is 370 g/mol. The van der Waals surface area contributed by atoms with Gasteiger partial charge in [-0.3, -0.25) is 19.0 Å². The van der Waals surface area contributed by atoms with E-state index in [1.54, 1.807) is 6.07 Å². The van der Waals surface area contributed by atoms with Crippen LogP contribution in [0.25, 0.3) is 10.9 Å². The summed E-state index contributed by atoms with van der Waals surface area (Å²) in [5.41, 5.74) is 6.93. The van der Waals surface area contributed by atoms with Crippen molar-refractivity contribution in [1.29, 1.82) is 0 Å². The third kappa shape index (κ3) is 5.00. The van der Waals surface area contributed by atoms with Gasteiger partial charge in [-0.2, -0.15) is 0 Å². The highest BCUT2D eigenvalue weighted by Gasteiger charge is 2.26. The van der Waals surface area contributed by atoms with E-state index in [0.29, 0.717) is 30.5 Å². The number of carbonyl (C=O) groups excluding carboxylic acids is 2. The zero-order valence-electron chi connectivity index (χ0n) is 16.9. The van der Waals surface area contributed by atoms with Crippen LogP contribution < -0.4 is 16.6 Å². The zero-order valence-corrected chi connectivity index (χ0v) is 16.9. The molecule has 0 spiro atoms. The number of nitrogens with two attached hydrogens (primary N) is 1. The number of fused-ring (bicyclic) bond motifs is 1. The predicted octanol–water partition coefficient (Wildman–Crippen LogP) is 0.941. The molecule has 29 heavy (non-hydrogen) atoms. The first-order valence-electron chi connectivity index (χ1n) is 10.2. The number of hydrogen-bond donors (Lipinski definition) is 2. The second-order valence-electron chi connectivity index (χ2n) is 7.54. The second kappa shape index (κ2) is 9.65. The van der Waals surface area contributed by atoms with Gasteiger partial charge in [-0.15, -0.1) is 0 Å². The molecule has 3 N–H and O–H groups in total. The van der Waals surface area contributed by atoms with E-state index in [4.69, 9.17) is 5.73 Å². The van der Waals surface area contributed by atoms with Crippen LogP contribution in [-0.4, -0.2) is 51.9 Å². The van der Waals surface area contributed by atoms with E-state index in [1.807, 2.05) is 24.0 Å². The van der Waals surface area contributed by atoms with Gasteiger partial charge < -0.3 is 16.0 Å². The lowest BCUT2D eigenvalue weighted by atomic mass is 10.0. The predicted molar refractivity (Wildman–Crippen MR) is 111 cm³/mol. The first kappa shape index (κ1) is 21.0. The lowest BCUT2D eigenvalue weighted by Gasteiger charge is -2.36. The number of nitrogens with one attached hydrogen (secondary N) is 1. The molecule has 0 aliphatic carbocycles. The normalized spacial score (nSPS) is 16.8. The monoisotopic (exact) mass is 399 g/mol. The number of nitrogens with zero attached hydrogens (tertiary/aromatic N) is 3. The zero-order chi connectivity index (χ0) is 20.8. The Bertz CT molecular complexity index is 940. The van der Waals surface area contributed by atoms with E-state index in [9.17, 15) is 14.4 Å². The van der Waals surface area contributed by atoms with E-state index < -0.39 is 0 Å². The van der Waals surface area contributed by atoms with Crippen LogP contribution in [0, 0.1) is 6.92 Å². The number of aryl methyl sites for hydroxylation is 2. The van der Waals surface area contributed by atoms with E-state index in [2.05, 4.69) is 10.3 Å². The van der Waals surface area contributed by atoms with Gasteiger partial charge in [-0.1, -0.05) is 12.1 Å². The average Bonchev–Trinajstić information content (AvgIpc) is 2.72. The molecule has 2 heterocycles. The molecular formula is C21H29N5O3. The average molecular weight is 399 g/mol. The second-order valence-corrected chi connectivity index (χ2v) is 7.54. The maximum Gasteiger partial charge on any atom is 0.261 e. The molecule has 1 fully saturated rings. The Kier molecular flexibility index (Phi) is 6.98. The molecule has 1 aliphatic rings. The molecule has 1 aromatic carbocycles. The fraction of sp³-hybridized carbons (Fsp3) is 0.524. The fourth-order valence-electron chi connectivity index (χ4n) is 3.85. The van der Waals surface area contributed by atoms with Crippen molar-refractivity contribution in [3.8, 4) is 0 Å². The first-order chi connectivity index (χ1) is 14.0. The number of benzene rings is 1. The number of rotatable bonds is 7. The van der Waals surface area contributed by atoms with Crippen molar-refractivity contribution in [3.63, 3.8) is 0 Å². The van der Waals surface area contributed by atoms with Gasteiger partial charge >= 0.3 is 0 Å². The van der Waals surface area contributed by atoms with E-state index >= 15 is 0 Å². The van der Waals surface area contributed by atoms with Crippen LogP contribution in [-0.2, 0) is 16.1 Å². The van der Waals surface area contributed by atoms with Crippen molar-refractivity contribution in [2.24, 2.45) is 5.73 Å². The number of amides is 2. The molecule has 0 saturated carbocycles. The van der Waals surface area contributed by atoms with Crippen LogP contribution in [0.2, 0.25) is 0 Å². The smallest absolute Gasteiger partial charge is 0.261 e. The van der Waals surface area contributed by atoms with Crippen molar-refractivity contribution in [2.45, 2.75) is 51.6 Å². The Morgan fingerprint density at radius 3 is 2.90 bits per heavy atom. The summed E-state index contributed by atoms with van der Waals surface area (Å²) in [6, 6.07) is 5.52. The molecule has 1 aromatic heterocycles. The number of aromatic nitrogens is 2. The minimum absolute atomic E-state index is 0.000914. The molecule has 3 rings (SSSR count). The summed E-state index contributed by atoms with van der Waals surface area (Å²) in [5.74, 6) is -0.0893. The molecule has 1 unspecified atom stereocenters. The number of para-hydroxylation sites is 1. The standard InChI is InChI=1S/C21H29N5O3/c1-15-5-4-7-17-20(15)24-14-25(21(17)29)12-9-19(28)26-11-3-2-6-16(26)13-23-18(27)8-10-22/h4-5,7,14,16H,2-3,6,8-13,22H2,1H3,(H,23,27). The number of carbonyl (C=O) groups is 2. The minimum Gasteiger partial charge on any atom is -0.354 e. The molecule has 8 heteroatoms. The Labute approximate surface area is 170 Å². The quantitative estimate of drug-likeness (QED) is 0.720. The van der Waals surface area contributed by atoms with Crippen molar-refractivity contribution < 1.29 is 9.59 Å². The summed E-state index contributed by atoms with van der Waals surface area (Å²) in [4.78, 5) is 43.5. The molecule has 8 nitrogen and oxygen atoms in total. The van der Waals surface area contributed by atoms with Crippen LogP contribution in [0.5, 0.6) is 0 Å². The molecule has 2 aromatic rings. The van der Waals surface area contributed by atoms with Crippen molar-refractivity contribution in [2.75, 3.05) is 19.6 Å². The van der Waals surface area contributed by atoms with Crippen LogP contribution in [0.1, 0.15) is 37.7 Å². The highest BCUT2D eigenvalue weighted by Crippen LogP contribution is 2.18. The van der Waals surface area contributed by atoms with Crippen LogP contribution in [0.4, 0.5) is 0 Å². The third-order valence-corrected chi connectivity index (χ3v) is 5.48. The molecule has 1 atom stereocenters. The highest BCUT2D eigenvalue weighted by molar-refractivity contribution is 5.80. The summed E-state index contributed by atoms with van der Waals surface area (Å²) in [6.45, 7) is 3.65. The maximum atomic E-state index is 12.8. The Balaban J connectivity index is 1.64. The SMILES string of the molecule is Cc1cccc2c(=O)n(CCC(=O)N3CCCCC3CNC(=O)CCN)cnc12. The van der Waals surface area contributed by atoms with Crippen LogP contribution in [0.3, 0.4) is 0 Å². The van der Waals surface area contributed by atoms with Crippen molar-refractivity contribution in [3.05, 3.63) is 40.4 Å². The molecule has 156 valence electrons. The topological polar surface area (TPSA) is 110 Å². The van der Waals surface area contributed by atoms with Gasteiger partial charge in [0.2, 0.25) is 11.8 Å². The molecule has 1 aliphatic heterocycles.